The van der Waals surface area contributed by atoms with Crippen molar-refractivity contribution in [2.24, 2.45) is 0 Å². The van der Waals surface area contributed by atoms with Gasteiger partial charge in [0.1, 0.15) is 17.9 Å². The van der Waals surface area contributed by atoms with Gasteiger partial charge in [-0.05, 0) is 38.1 Å². The van der Waals surface area contributed by atoms with Crippen LogP contribution in [0.15, 0.2) is 29.2 Å². The van der Waals surface area contributed by atoms with Gasteiger partial charge in [0.15, 0.2) is 0 Å². The summed E-state index contributed by atoms with van der Waals surface area (Å²) in [5, 5.41) is 8.96. The summed E-state index contributed by atoms with van der Waals surface area (Å²) >= 11 is 0. The van der Waals surface area contributed by atoms with Crippen LogP contribution >= 0.6 is 0 Å². The molecule has 0 radical (unpaired) electrons. The Hall–Kier alpha value is -1.64. The van der Waals surface area contributed by atoms with Gasteiger partial charge in [0.2, 0.25) is 10.0 Å². The minimum absolute atomic E-state index is 0.0316. The summed E-state index contributed by atoms with van der Waals surface area (Å²) in [4.78, 5) is 10.9. The SMILES string of the molecule is COCCOc1ccc(S(=O)(=O)NC(C)(C)C(=O)O)cc1. The fraction of sp³-hybridized carbons (Fsp3) is 0.462. The monoisotopic (exact) mass is 317 g/mol. The van der Waals surface area contributed by atoms with E-state index in [0.717, 1.165) is 0 Å². The molecule has 0 spiro atoms. The molecule has 0 aliphatic heterocycles. The van der Waals surface area contributed by atoms with E-state index >= 15 is 0 Å². The summed E-state index contributed by atoms with van der Waals surface area (Å²) in [6.45, 7) is 3.32. The van der Waals surface area contributed by atoms with Crippen LogP contribution in [0, 0.1) is 0 Å². The van der Waals surface area contributed by atoms with Crippen molar-refractivity contribution in [3.8, 4) is 5.75 Å². The average molecular weight is 317 g/mol. The molecule has 0 saturated heterocycles. The zero-order valence-corrected chi connectivity index (χ0v) is 12.9. The Morgan fingerprint density at radius 2 is 1.81 bits per heavy atom. The van der Waals surface area contributed by atoms with Crippen LogP contribution in [0.5, 0.6) is 5.75 Å². The largest absolute Gasteiger partial charge is 0.491 e. The zero-order chi connectivity index (χ0) is 16.1. The molecule has 0 aromatic heterocycles. The number of carboxylic acid groups (broad SMARTS) is 1. The van der Waals surface area contributed by atoms with Crippen molar-refractivity contribution in [3.63, 3.8) is 0 Å². The third-order valence-corrected chi connectivity index (χ3v) is 4.29. The van der Waals surface area contributed by atoms with E-state index in [4.69, 9.17) is 14.6 Å². The molecule has 0 bridgehead atoms. The second-order valence-corrected chi connectivity index (χ2v) is 6.53. The van der Waals surface area contributed by atoms with Gasteiger partial charge < -0.3 is 14.6 Å². The number of rotatable bonds is 8. The van der Waals surface area contributed by atoms with Gasteiger partial charge in [0.25, 0.3) is 0 Å². The van der Waals surface area contributed by atoms with E-state index in [1.807, 2.05) is 0 Å². The zero-order valence-electron chi connectivity index (χ0n) is 12.1. The Bertz CT molecular complexity index is 579. The number of sulfonamides is 1. The quantitative estimate of drug-likeness (QED) is 0.689. The Morgan fingerprint density at radius 1 is 1.24 bits per heavy atom. The fourth-order valence-electron chi connectivity index (χ4n) is 1.40. The van der Waals surface area contributed by atoms with Crippen LogP contribution in [-0.4, -0.2) is 45.4 Å². The lowest BCUT2D eigenvalue weighted by atomic mass is 10.1. The fourth-order valence-corrected chi connectivity index (χ4v) is 2.77. The number of carboxylic acids is 1. The predicted octanol–water partition coefficient (Wildman–Crippen LogP) is 0.853. The van der Waals surface area contributed by atoms with Gasteiger partial charge in [-0.3, -0.25) is 4.79 Å². The molecule has 0 aliphatic rings. The molecule has 1 aromatic rings. The van der Waals surface area contributed by atoms with E-state index in [9.17, 15) is 13.2 Å². The smallest absolute Gasteiger partial charge is 0.324 e. The van der Waals surface area contributed by atoms with Crippen LogP contribution in [0.2, 0.25) is 0 Å². The van der Waals surface area contributed by atoms with Gasteiger partial charge in [-0.2, -0.15) is 4.72 Å². The first-order chi connectivity index (χ1) is 9.69. The maximum absolute atomic E-state index is 12.1. The standard InChI is InChI=1S/C13H19NO6S/c1-13(2,12(15)16)14-21(17,18)11-6-4-10(5-7-11)20-9-8-19-3/h4-7,14H,8-9H2,1-3H3,(H,15,16). The molecule has 0 fully saturated rings. The number of aliphatic carboxylic acids is 1. The maximum atomic E-state index is 12.1. The van der Waals surface area contributed by atoms with Crippen molar-refractivity contribution in [2.45, 2.75) is 24.3 Å². The number of nitrogens with one attached hydrogen (secondary N) is 1. The molecule has 118 valence electrons. The summed E-state index contributed by atoms with van der Waals surface area (Å²) in [5.41, 5.74) is -1.59. The number of benzene rings is 1. The minimum atomic E-state index is -3.92. The molecule has 7 nitrogen and oxygen atoms in total. The third kappa shape index (κ3) is 5.00. The Kier molecular flexibility index (Phi) is 5.70. The van der Waals surface area contributed by atoms with Crippen molar-refractivity contribution < 1.29 is 27.8 Å². The topological polar surface area (TPSA) is 102 Å². The van der Waals surface area contributed by atoms with Crippen molar-refractivity contribution in [3.05, 3.63) is 24.3 Å². The molecular formula is C13H19NO6S. The van der Waals surface area contributed by atoms with Crippen LogP contribution < -0.4 is 9.46 Å². The summed E-state index contributed by atoms with van der Waals surface area (Å²) < 4.78 is 36.5. The highest BCUT2D eigenvalue weighted by molar-refractivity contribution is 7.89. The van der Waals surface area contributed by atoms with Gasteiger partial charge in [-0.15, -0.1) is 0 Å². The van der Waals surface area contributed by atoms with E-state index in [-0.39, 0.29) is 4.90 Å². The molecule has 0 saturated carbocycles. The van der Waals surface area contributed by atoms with Gasteiger partial charge in [-0.1, -0.05) is 0 Å². The minimum Gasteiger partial charge on any atom is -0.491 e. The summed E-state index contributed by atoms with van der Waals surface area (Å²) in [6.07, 6.45) is 0. The Labute approximate surface area is 123 Å². The Balaban J connectivity index is 2.83. The van der Waals surface area contributed by atoms with Crippen LogP contribution in [0.3, 0.4) is 0 Å². The predicted molar refractivity (Wildman–Crippen MR) is 75.8 cm³/mol. The molecule has 0 atom stereocenters. The van der Waals surface area contributed by atoms with Crippen molar-refractivity contribution >= 4 is 16.0 Å². The highest BCUT2D eigenvalue weighted by atomic mass is 32.2. The average Bonchev–Trinajstić information content (AvgIpc) is 2.38. The Morgan fingerprint density at radius 3 is 2.29 bits per heavy atom. The lowest BCUT2D eigenvalue weighted by Gasteiger charge is -2.20. The second-order valence-electron chi connectivity index (χ2n) is 4.85. The van der Waals surface area contributed by atoms with E-state index in [2.05, 4.69) is 4.72 Å². The molecule has 2 N–H and O–H groups in total. The first-order valence-electron chi connectivity index (χ1n) is 6.18. The maximum Gasteiger partial charge on any atom is 0.324 e. The number of hydrogen-bond donors (Lipinski definition) is 2. The van der Waals surface area contributed by atoms with Crippen molar-refractivity contribution in [1.29, 1.82) is 0 Å². The van der Waals surface area contributed by atoms with Gasteiger partial charge in [0, 0.05) is 7.11 Å². The van der Waals surface area contributed by atoms with Crippen molar-refractivity contribution in [1.82, 2.24) is 4.72 Å². The number of ether oxygens (including phenoxy) is 2. The van der Waals surface area contributed by atoms with Gasteiger partial charge in [0.05, 0.1) is 11.5 Å². The number of carbonyl (C=O) groups is 1. The lowest BCUT2D eigenvalue weighted by Crippen LogP contribution is -2.49. The molecule has 0 aliphatic carbocycles. The molecule has 21 heavy (non-hydrogen) atoms. The van der Waals surface area contributed by atoms with E-state index in [0.29, 0.717) is 19.0 Å². The van der Waals surface area contributed by atoms with E-state index in [1.165, 1.54) is 38.1 Å². The normalized spacial score (nSPS) is 12.1. The van der Waals surface area contributed by atoms with Crippen LogP contribution in [0.4, 0.5) is 0 Å². The van der Waals surface area contributed by atoms with Crippen LogP contribution in [0.1, 0.15) is 13.8 Å². The third-order valence-electron chi connectivity index (χ3n) is 2.61. The lowest BCUT2D eigenvalue weighted by molar-refractivity contribution is -0.142. The van der Waals surface area contributed by atoms with E-state index in [1.54, 1.807) is 7.11 Å². The molecule has 1 rings (SSSR count). The highest BCUT2D eigenvalue weighted by Gasteiger charge is 2.32. The van der Waals surface area contributed by atoms with Crippen LogP contribution in [0.25, 0.3) is 0 Å². The molecule has 0 unspecified atom stereocenters. The summed E-state index contributed by atoms with van der Waals surface area (Å²) in [6, 6.07) is 5.70. The summed E-state index contributed by atoms with van der Waals surface area (Å²) in [7, 11) is -2.37. The first-order valence-corrected chi connectivity index (χ1v) is 7.66. The molecule has 8 heteroatoms. The summed E-state index contributed by atoms with van der Waals surface area (Å²) in [5.74, 6) is -0.755. The van der Waals surface area contributed by atoms with Crippen LogP contribution in [-0.2, 0) is 19.6 Å². The number of hydrogen-bond acceptors (Lipinski definition) is 5. The van der Waals surface area contributed by atoms with Gasteiger partial charge in [-0.25, -0.2) is 8.42 Å². The molecule has 0 heterocycles. The highest BCUT2D eigenvalue weighted by Crippen LogP contribution is 2.17. The van der Waals surface area contributed by atoms with Crippen molar-refractivity contribution in [2.75, 3.05) is 20.3 Å². The first kappa shape index (κ1) is 17.4. The molecule has 0 amide bonds. The molecule has 1 aromatic carbocycles. The molecular weight excluding hydrogens is 298 g/mol. The van der Waals surface area contributed by atoms with E-state index < -0.39 is 21.5 Å². The second kappa shape index (κ2) is 6.88. The van der Waals surface area contributed by atoms with Gasteiger partial charge >= 0.3 is 5.97 Å². The number of methoxy groups -OCH3 is 1.